The Labute approximate surface area is 131 Å². The number of halogens is 1. The van der Waals surface area contributed by atoms with Crippen molar-refractivity contribution in [3.63, 3.8) is 0 Å². The number of nitrogens with zero attached hydrogens (tertiary/aromatic N) is 2. The maximum atomic E-state index is 6.35. The van der Waals surface area contributed by atoms with Crippen LogP contribution in [-0.2, 0) is 6.54 Å². The van der Waals surface area contributed by atoms with E-state index >= 15 is 0 Å². The molecule has 0 atom stereocenters. The van der Waals surface area contributed by atoms with Crippen molar-refractivity contribution < 1.29 is 9.47 Å². The Morgan fingerprint density at radius 1 is 1.05 bits per heavy atom. The second kappa shape index (κ2) is 6.86. The lowest BCUT2D eigenvalue weighted by Crippen LogP contribution is -2.45. The third-order valence-electron chi connectivity index (χ3n) is 4.18. The molecule has 116 valence electrons. The lowest BCUT2D eigenvalue weighted by molar-refractivity contribution is 0.132. The fourth-order valence-corrected chi connectivity index (χ4v) is 3.19. The number of ether oxygens (including phenoxy) is 2. The van der Waals surface area contributed by atoms with E-state index < -0.39 is 0 Å². The first-order chi connectivity index (χ1) is 10.3. The molecule has 1 fully saturated rings. The zero-order valence-corrected chi connectivity index (χ0v) is 13.4. The molecule has 1 aromatic carbocycles. The number of likely N-dealkylation sites (N-methyl/N-ethyl adjacent to an activating group) is 1. The minimum Gasteiger partial charge on any atom is -0.489 e. The molecular weight excluding hydrogens is 288 g/mol. The van der Waals surface area contributed by atoms with E-state index in [1.165, 1.54) is 5.56 Å². The Hall–Kier alpha value is -0.970. The van der Waals surface area contributed by atoms with Crippen LogP contribution >= 0.6 is 11.6 Å². The van der Waals surface area contributed by atoms with Gasteiger partial charge in [-0.1, -0.05) is 18.5 Å². The van der Waals surface area contributed by atoms with Crippen LogP contribution in [0.2, 0.25) is 5.02 Å². The summed E-state index contributed by atoms with van der Waals surface area (Å²) in [7, 11) is 0. The lowest BCUT2D eigenvalue weighted by atomic mass is 10.1. The number of hydrogen-bond donors (Lipinski definition) is 0. The second-order valence-electron chi connectivity index (χ2n) is 5.67. The topological polar surface area (TPSA) is 24.9 Å². The molecule has 5 heteroatoms. The fraction of sp³-hybridized carbons (Fsp3) is 0.625. The van der Waals surface area contributed by atoms with Crippen molar-refractivity contribution in [1.82, 2.24) is 9.80 Å². The first kappa shape index (κ1) is 14.9. The van der Waals surface area contributed by atoms with E-state index in [-0.39, 0.29) is 0 Å². The predicted octanol–water partition coefficient (Wildman–Crippen LogP) is 2.64. The van der Waals surface area contributed by atoms with E-state index in [4.69, 9.17) is 21.1 Å². The first-order valence-corrected chi connectivity index (χ1v) is 8.17. The zero-order valence-electron chi connectivity index (χ0n) is 12.6. The largest absolute Gasteiger partial charge is 0.489 e. The summed E-state index contributed by atoms with van der Waals surface area (Å²) >= 11 is 6.35. The smallest absolute Gasteiger partial charge is 0.179 e. The van der Waals surface area contributed by atoms with Crippen LogP contribution < -0.4 is 9.47 Å². The van der Waals surface area contributed by atoms with Gasteiger partial charge in [-0.15, -0.1) is 0 Å². The van der Waals surface area contributed by atoms with Crippen LogP contribution in [0.1, 0.15) is 18.9 Å². The number of benzene rings is 1. The van der Waals surface area contributed by atoms with Crippen molar-refractivity contribution in [1.29, 1.82) is 0 Å². The molecule has 4 nitrogen and oxygen atoms in total. The van der Waals surface area contributed by atoms with Crippen LogP contribution in [-0.4, -0.2) is 55.7 Å². The average molecular weight is 311 g/mol. The highest BCUT2D eigenvalue weighted by Gasteiger charge is 2.19. The molecule has 0 unspecified atom stereocenters. The summed E-state index contributed by atoms with van der Waals surface area (Å²) in [4.78, 5) is 4.96. The molecule has 2 aliphatic heterocycles. The summed E-state index contributed by atoms with van der Waals surface area (Å²) < 4.78 is 11.4. The molecule has 1 saturated heterocycles. The van der Waals surface area contributed by atoms with Crippen LogP contribution in [0.3, 0.4) is 0 Å². The van der Waals surface area contributed by atoms with Gasteiger partial charge in [0.15, 0.2) is 11.5 Å². The first-order valence-electron chi connectivity index (χ1n) is 7.79. The molecule has 3 rings (SSSR count). The normalized spacial score (nSPS) is 20.3. The Morgan fingerprint density at radius 3 is 2.52 bits per heavy atom. The lowest BCUT2D eigenvalue weighted by Gasteiger charge is -2.34. The van der Waals surface area contributed by atoms with Gasteiger partial charge in [0.25, 0.3) is 0 Å². The average Bonchev–Trinajstić information content (AvgIpc) is 2.74. The third-order valence-corrected chi connectivity index (χ3v) is 4.46. The fourth-order valence-electron chi connectivity index (χ4n) is 2.90. The van der Waals surface area contributed by atoms with Gasteiger partial charge in [-0.3, -0.25) is 4.90 Å². The summed E-state index contributed by atoms with van der Waals surface area (Å²) in [5.41, 5.74) is 1.20. The van der Waals surface area contributed by atoms with E-state index in [1.54, 1.807) is 0 Å². The van der Waals surface area contributed by atoms with E-state index in [1.807, 2.05) is 6.07 Å². The summed E-state index contributed by atoms with van der Waals surface area (Å²) in [5, 5.41) is 0.664. The predicted molar refractivity (Wildman–Crippen MR) is 84.5 cm³/mol. The standard InChI is InChI=1S/C16H23ClN2O2/c1-2-18-4-6-19(7-5-18)12-13-10-14(17)16-15(11-13)20-8-3-9-21-16/h10-11H,2-9,12H2,1H3. The molecule has 0 aliphatic carbocycles. The molecular formula is C16H23ClN2O2. The number of fused-ring (bicyclic) bond motifs is 1. The van der Waals surface area contributed by atoms with Crippen molar-refractivity contribution in [3.8, 4) is 11.5 Å². The third kappa shape index (κ3) is 3.62. The second-order valence-corrected chi connectivity index (χ2v) is 6.07. The summed E-state index contributed by atoms with van der Waals surface area (Å²) in [6.45, 7) is 10.2. The van der Waals surface area contributed by atoms with Crippen molar-refractivity contribution in [2.24, 2.45) is 0 Å². The van der Waals surface area contributed by atoms with Gasteiger partial charge in [-0.2, -0.15) is 0 Å². The van der Waals surface area contributed by atoms with Crippen molar-refractivity contribution >= 4 is 11.6 Å². The highest BCUT2D eigenvalue weighted by molar-refractivity contribution is 6.32. The monoisotopic (exact) mass is 310 g/mol. The van der Waals surface area contributed by atoms with Crippen molar-refractivity contribution in [2.75, 3.05) is 45.9 Å². The molecule has 1 aromatic rings. The van der Waals surface area contributed by atoms with Crippen molar-refractivity contribution in [2.45, 2.75) is 19.9 Å². The van der Waals surface area contributed by atoms with Gasteiger partial charge < -0.3 is 14.4 Å². The number of hydrogen-bond acceptors (Lipinski definition) is 4. The van der Waals surface area contributed by atoms with E-state index in [9.17, 15) is 0 Å². The van der Waals surface area contributed by atoms with Gasteiger partial charge in [-0.05, 0) is 24.2 Å². The van der Waals surface area contributed by atoms with Gasteiger partial charge in [0.05, 0.1) is 18.2 Å². The molecule has 0 bridgehead atoms. The van der Waals surface area contributed by atoms with E-state index in [0.717, 1.165) is 51.4 Å². The quantitative estimate of drug-likeness (QED) is 0.857. The van der Waals surface area contributed by atoms with E-state index in [2.05, 4.69) is 22.8 Å². The summed E-state index contributed by atoms with van der Waals surface area (Å²) in [6.07, 6.45) is 0.902. The van der Waals surface area contributed by atoms with Crippen LogP contribution in [0.5, 0.6) is 11.5 Å². The summed E-state index contributed by atoms with van der Waals surface area (Å²) in [5.74, 6) is 1.50. The summed E-state index contributed by atoms with van der Waals surface area (Å²) in [6, 6.07) is 4.10. The SMILES string of the molecule is CCN1CCN(Cc2cc(Cl)c3c(c2)OCCCO3)CC1. The Balaban J connectivity index is 1.69. The highest BCUT2D eigenvalue weighted by atomic mass is 35.5. The molecule has 0 aromatic heterocycles. The van der Waals surface area contributed by atoms with Gasteiger partial charge in [0, 0.05) is 39.1 Å². The van der Waals surface area contributed by atoms with Crippen LogP contribution in [0.15, 0.2) is 12.1 Å². The van der Waals surface area contributed by atoms with E-state index in [0.29, 0.717) is 24.0 Å². The number of rotatable bonds is 3. The highest BCUT2D eigenvalue weighted by Crippen LogP contribution is 2.38. The molecule has 0 spiro atoms. The Bertz CT molecular complexity index is 487. The van der Waals surface area contributed by atoms with Crippen molar-refractivity contribution in [3.05, 3.63) is 22.7 Å². The van der Waals surface area contributed by atoms with Gasteiger partial charge in [0.1, 0.15) is 0 Å². The molecule has 0 amide bonds. The van der Waals surface area contributed by atoms with Crippen LogP contribution in [0.4, 0.5) is 0 Å². The molecule has 0 saturated carbocycles. The minimum absolute atomic E-state index is 0.664. The van der Waals surface area contributed by atoms with Crippen LogP contribution in [0, 0.1) is 0 Å². The molecule has 2 heterocycles. The molecule has 0 N–H and O–H groups in total. The van der Waals surface area contributed by atoms with Gasteiger partial charge in [-0.25, -0.2) is 0 Å². The maximum absolute atomic E-state index is 6.35. The zero-order chi connectivity index (χ0) is 14.7. The van der Waals surface area contributed by atoms with Crippen LogP contribution in [0.25, 0.3) is 0 Å². The minimum atomic E-state index is 0.664. The Kier molecular flexibility index (Phi) is 4.88. The number of piperazine rings is 1. The molecule has 2 aliphatic rings. The van der Waals surface area contributed by atoms with Gasteiger partial charge >= 0.3 is 0 Å². The van der Waals surface area contributed by atoms with Gasteiger partial charge in [0.2, 0.25) is 0 Å². The molecule has 21 heavy (non-hydrogen) atoms. The molecule has 0 radical (unpaired) electrons. The maximum Gasteiger partial charge on any atom is 0.179 e. The Morgan fingerprint density at radius 2 is 1.76 bits per heavy atom.